The summed E-state index contributed by atoms with van der Waals surface area (Å²) in [6.07, 6.45) is 0.911. The predicted octanol–water partition coefficient (Wildman–Crippen LogP) is 2.09. The fourth-order valence-electron chi connectivity index (χ4n) is 4.06. The van der Waals surface area contributed by atoms with Crippen LogP contribution in [-0.4, -0.2) is 67.0 Å². The van der Waals surface area contributed by atoms with Crippen molar-refractivity contribution in [1.29, 1.82) is 0 Å². The highest BCUT2D eigenvalue weighted by molar-refractivity contribution is 6.00. The number of nitrogens with one attached hydrogen (secondary N) is 1. The zero-order valence-corrected chi connectivity index (χ0v) is 16.5. The van der Waals surface area contributed by atoms with Crippen LogP contribution in [0, 0.1) is 0 Å². The lowest BCUT2D eigenvalue weighted by molar-refractivity contribution is -0.151. The molecule has 0 spiro atoms. The second-order valence-electron chi connectivity index (χ2n) is 7.51. The van der Waals surface area contributed by atoms with Gasteiger partial charge in [0.05, 0.1) is 19.3 Å². The average Bonchev–Trinajstić information content (AvgIpc) is 2.79. The van der Waals surface area contributed by atoms with Crippen LogP contribution >= 0.6 is 0 Å². The van der Waals surface area contributed by atoms with Crippen molar-refractivity contribution in [3.05, 3.63) is 71.8 Å². The minimum atomic E-state index is -0.520. The SMILES string of the molecule is O=C(N[C@@H]1C(=O)N(CCCN2CCOCC2)[C@@H]1c1ccccc1)c1ccccc1. The Bertz CT molecular complexity index is 822. The van der Waals surface area contributed by atoms with Gasteiger partial charge in [-0.25, -0.2) is 0 Å². The fourth-order valence-corrected chi connectivity index (χ4v) is 4.06. The second-order valence-corrected chi connectivity index (χ2v) is 7.51. The molecule has 152 valence electrons. The second kappa shape index (κ2) is 9.20. The maximum absolute atomic E-state index is 12.9. The number of benzene rings is 2. The van der Waals surface area contributed by atoms with E-state index in [0.29, 0.717) is 12.1 Å². The van der Waals surface area contributed by atoms with Crippen molar-refractivity contribution < 1.29 is 14.3 Å². The van der Waals surface area contributed by atoms with Gasteiger partial charge in [-0.1, -0.05) is 48.5 Å². The van der Waals surface area contributed by atoms with Crippen molar-refractivity contribution >= 4 is 11.8 Å². The third-order valence-electron chi connectivity index (χ3n) is 5.64. The molecule has 1 N–H and O–H groups in total. The van der Waals surface area contributed by atoms with Crippen LogP contribution in [0.1, 0.15) is 28.4 Å². The number of morpholine rings is 1. The zero-order chi connectivity index (χ0) is 20.1. The molecule has 2 aromatic carbocycles. The van der Waals surface area contributed by atoms with Crippen LogP contribution in [0.25, 0.3) is 0 Å². The Morgan fingerprint density at radius 2 is 1.62 bits per heavy atom. The standard InChI is InChI=1S/C23H27N3O3/c27-22(19-10-5-2-6-11-19)24-20-21(18-8-3-1-4-9-18)26(23(20)28)13-7-12-25-14-16-29-17-15-25/h1-6,8-11,20-21H,7,12-17H2,(H,24,27)/t20-,21+/m0/s1. The smallest absolute Gasteiger partial charge is 0.251 e. The highest BCUT2D eigenvalue weighted by Crippen LogP contribution is 2.35. The Balaban J connectivity index is 1.41. The number of β-lactam (4-membered cyclic amide) rings is 1. The number of hydrogen-bond donors (Lipinski definition) is 1. The third-order valence-corrected chi connectivity index (χ3v) is 5.64. The van der Waals surface area contributed by atoms with Gasteiger partial charge < -0.3 is 15.0 Å². The van der Waals surface area contributed by atoms with E-state index in [1.165, 1.54) is 0 Å². The molecule has 2 aromatic rings. The van der Waals surface area contributed by atoms with Crippen LogP contribution in [0.2, 0.25) is 0 Å². The largest absolute Gasteiger partial charge is 0.379 e. The average molecular weight is 393 g/mol. The van der Waals surface area contributed by atoms with Gasteiger partial charge in [-0.05, 0) is 24.1 Å². The van der Waals surface area contributed by atoms with E-state index in [1.807, 2.05) is 53.4 Å². The van der Waals surface area contributed by atoms with E-state index < -0.39 is 6.04 Å². The fraction of sp³-hybridized carbons (Fsp3) is 0.391. The van der Waals surface area contributed by atoms with E-state index in [2.05, 4.69) is 10.2 Å². The Morgan fingerprint density at radius 1 is 0.966 bits per heavy atom. The molecule has 2 amide bonds. The van der Waals surface area contributed by atoms with Crippen molar-refractivity contribution in [2.75, 3.05) is 39.4 Å². The Kier molecular flexibility index (Phi) is 6.22. The number of rotatable bonds is 7. The molecule has 0 radical (unpaired) electrons. The summed E-state index contributed by atoms with van der Waals surface area (Å²) >= 11 is 0. The molecule has 29 heavy (non-hydrogen) atoms. The molecule has 2 aliphatic heterocycles. The summed E-state index contributed by atoms with van der Waals surface area (Å²) in [5.74, 6) is -0.219. The Hall–Kier alpha value is -2.70. The van der Waals surface area contributed by atoms with Gasteiger partial charge in [-0.2, -0.15) is 0 Å². The number of carbonyl (C=O) groups is 2. The Morgan fingerprint density at radius 3 is 2.31 bits per heavy atom. The quantitative estimate of drug-likeness (QED) is 0.732. The summed E-state index contributed by atoms with van der Waals surface area (Å²) in [6, 6.07) is 18.3. The first-order valence-corrected chi connectivity index (χ1v) is 10.3. The maximum Gasteiger partial charge on any atom is 0.251 e. The topological polar surface area (TPSA) is 61.9 Å². The van der Waals surface area contributed by atoms with E-state index in [1.54, 1.807) is 12.1 Å². The summed E-state index contributed by atoms with van der Waals surface area (Å²) < 4.78 is 5.39. The van der Waals surface area contributed by atoms with E-state index >= 15 is 0 Å². The molecule has 2 atom stereocenters. The zero-order valence-electron chi connectivity index (χ0n) is 16.5. The van der Waals surface area contributed by atoms with E-state index in [-0.39, 0.29) is 17.9 Å². The molecule has 2 fully saturated rings. The summed E-state index contributed by atoms with van der Waals surface area (Å²) in [5.41, 5.74) is 1.62. The summed E-state index contributed by atoms with van der Waals surface area (Å²) in [4.78, 5) is 29.7. The lowest BCUT2D eigenvalue weighted by atomic mass is 9.88. The molecule has 6 heteroatoms. The molecule has 0 saturated carbocycles. The van der Waals surface area contributed by atoms with Crippen molar-refractivity contribution in [2.45, 2.75) is 18.5 Å². The van der Waals surface area contributed by atoms with Gasteiger partial charge in [-0.3, -0.25) is 14.5 Å². The molecule has 0 aromatic heterocycles. The number of nitrogens with zero attached hydrogens (tertiary/aromatic N) is 2. The molecule has 0 bridgehead atoms. The summed E-state index contributed by atoms with van der Waals surface area (Å²) in [6.45, 7) is 5.10. The van der Waals surface area contributed by atoms with E-state index in [9.17, 15) is 9.59 Å². The van der Waals surface area contributed by atoms with Gasteiger partial charge in [0.25, 0.3) is 5.91 Å². The molecule has 2 heterocycles. The Labute approximate surface area is 171 Å². The minimum absolute atomic E-state index is 0.00916. The normalized spacial score (nSPS) is 22.2. The first kappa shape index (κ1) is 19.6. The van der Waals surface area contributed by atoms with Crippen LogP contribution in [0.15, 0.2) is 60.7 Å². The van der Waals surface area contributed by atoms with Gasteiger partial charge >= 0.3 is 0 Å². The van der Waals surface area contributed by atoms with E-state index in [4.69, 9.17) is 4.74 Å². The third kappa shape index (κ3) is 4.49. The molecular weight excluding hydrogens is 366 g/mol. The number of hydrogen-bond acceptors (Lipinski definition) is 4. The lowest BCUT2D eigenvalue weighted by Gasteiger charge is -2.48. The number of amides is 2. The molecule has 0 aliphatic carbocycles. The molecule has 6 nitrogen and oxygen atoms in total. The maximum atomic E-state index is 12.9. The highest BCUT2D eigenvalue weighted by atomic mass is 16.5. The van der Waals surface area contributed by atoms with Crippen molar-refractivity contribution in [3.63, 3.8) is 0 Å². The summed E-state index contributed by atoms with van der Waals surface area (Å²) in [5, 5.41) is 2.94. The van der Waals surface area contributed by atoms with Crippen molar-refractivity contribution in [2.24, 2.45) is 0 Å². The summed E-state index contributed by atoms with van der Waals surface area (Å²) in [7, 11) is 0. The van der Waals surface area contributed by atoms with Gasteiger partial charge in [0.2, 0.25) is 5.91 Å². The predicted molar refractivity (Wildman–Crippen MR) is 110 cm³/mol. The molecule has 0 unspecified atom stereocenters. The van der Waals surface area contributed by atoms with Gasteiger partial charge in [0, 0.05) is 31.7 Å². The van der Waals surface area contributed by atoms with Gasteiger partial charge in [0.1, 0.15) is 6.04 Å². The number of carbonyl (C=O) groups excluding carboxylic acids is 2. The van der Waals surface area contributed by atoms with Crippen LogP contribution < -0.4 is 5.32 Å². The number of likely N-dealkylation sites (tertiary alicyclic amines) is 1. The van der Waals surface area contributed by atoms with Gasteiger partial charge in [0.15, 0.2) is 0 Å². The minimum Gasteiger partial charge on any atom is -0.379 e. The van der Waals surface area contributed by atoms with Crippen LogP contribution in [0.5, 0.6) is 0 Å². The van der Waals surface area contributed by atoms with Crippen molar-refractivity contribution in [3.8, 4) is 0 Å². The van der Waals surface area contributed by atoms with Crippen molar-refractivity contribution in [1.82, 2.24) is 15.1 Å². The number of ether oxygens (including phenoxy) is 1. The highest BCUT2D eigenvalue weighted by Gasteiger charge is 2.48. The van der Waals surface area contributed by atoms with Crippen LogP contribution in [0.3, 0.4) is 0 Å². The lowest BCUT2D eigenvalue weighted by Crippen LogP contribution is -2.65. The van der Waals surface area contributed by atoms with Gasteiger partial charge in [-0.15, -0.1) is 0 Å². The van der Waals surface area contributed by atoms with Crippen LogP contribution in [0.4, 0.5) is 0 Å². The first-order chi connectivity index (χ1) is 14.2. The molecular formula is C23H27N3O3. The monoisotopic (exact) mass is 393 g/mol. The molecule has 4 rings (SSSR count). The van der Waals surface area contributed by atoms with E-state index in [0.717, 1.165) is 44.8 Å². The molecule has 2 saturated heterocycles. The van der Waals surface area contributed by atoms with Crippen LogP contribution in [-0.2, 0) is 9.53 Å². The first-order valence-electron chi connectivity index (χ1n) is 10.3. The molecule has 2 aliphatic rings.